The van der Waals surface area contributed by atoms with Crippen LogP contribution in [0.15, 0.2) is 24.3 Å². The molecule has 1 rings (SSSR count). The Hall–Kier alpha value is -1.79. The Kier molecular flexibility index (Phi) is 8.32. The summed E-state index contributed by atoms with van der Waals surface area (Å²) in [6, 6.07) is 7.06. The van der Waals surface area contributed by atoms with E-state index in [4.69, 9.17) is 10.5 Å². The van der Waals surface area contributed by atoms with Gasteiger partial charge in [0.15, 0.2) is 6.61 Å². The van der Waals surface area contributed by atoms with Crippen LogP contribution in [-0.4, -0.2) is 32.1 Å². The number of hydrogen-bond donors (Lipinski definition) is 2. The zero-order valence-electron chi connectivity index (χ0n) is 10.5. The third-order valence-electron chi connectivity index (χ3n) is 2.16. The van der Waals surface area contributed by atoms with Crippen molar-refractivity contribution < 1.29 is 19.1 Å². The van der Waals surface area contributed by atoms with Crippen LogP contribution in [0.3, 0.4) is 0 Å². The molecule has 0 atom stereocenters. The SMILES string of the molecule is COC(=O)COc1cccc(CNC(=O)CN)c1.Cl. The van der Waals surface area contributed by atoms with E-state index in [9.17, 15) is 9.59 Å². The molecule has 19 heavy (non-hydrogen) atoms. The van der Waals surface area contributed by atoms with Crippen LogP contribution in [0.1, 0.15) is 5.56 Å². The molecular weight excluding hydrogens is 272 g/mol. The van der Waals surface area contributed by atoms with Crippen molar-refractivity contribution >= 4 is 24.3 Å². The zero-order valence-corrected chi connectivity index (χ0v) is 11.4. The lowest BCUT2D eigenvalue weighted by Crippen LogP contribution is -2.29. The van der Waals surface area contributed by atoms with Crippen LogP contribution in [0.2, 0.25) is 0 Å². The molecule has 0 heterocycles. The van der Waals surface area contributed by atoms with E-state index in [1.165, 1.54) is 7.11 Å². The number of amides is 1. The summed E-state index contributed by atoms with van der Waals surface area (Å²) in [5.74, 6) is -0.132. The summed E-state index contributed by atoms with van der Waals surface area (Å²) in [4.78, 5) is 21.9. The molecule has 0 radical (unpaired) electrons. The monoisotopic (exact) mass is 288 g/mol. The first-order valence-corrected chi connectivity index (χ1v) is 5.41. The smallest absolute Gasteiger partial charge is 0.343 e. The van der Waals surface area contributed by atoms with Gasteiger partial charge in [0.1, 0.15) is 5.75 Å². The van der Waals surface area contributed by atoms with Gasteiger partial charge in [-0.25, -0.2) is 4.79 Å². The molecule has 1 aromatic rings. The molecule has 1 amide bonds. The van der Waals surface area contributed by atoms with Gasteiger partial charge in [-0.15, -0.1) is 12.4 Å². The van der Waals surface area contributed by atoms with Gasteiger partial charge in [-0.05, 0) is 17.7 Å². The van der Waals surface area contributed by atoms with E-state index in [1.807, 2.05) is 6.07 Å². The topological polar surface area (TPSA) is 90.6 Å². The van der Waals surface area contributed by atoms with Crippen molar-refractivity contribution in [3.8, 4) is 5.75 Å². The first-order valence-electron chi connectivity index (χ1n) is 5.41. The van der Waals surface area contributed by atoms with Crippen LogP contribution in [0, 0.1) is 0 Å². The molecular formula is C12H17ClN2O4. The van der Waals surface area contributed by atoms with Gasteiger partial charge < -0.3 is 20.5 Å². The predicted molar refractivity (Wildman–Crippen MR) is 72.1 cm³/mol. The Balaban J connectivity index is 0.00000324. The van der Waals surface area contributed by atoms with E-state index >= 15 is 0 Å². The fourth-order valence-electron chi connectivity index (χ4n) is 1.22. The molecule has 7 heteroatoms. The van der Waals surface area contributed by atoms with Crippen LogP contribution in [0.4, 0.5) is 0 Å². The molecule has 0 bridgehead atoms. The highest BCUT2D eigenvalue weighted by atomic mass is 35.5. The van der Waals surface area contributed by atoms with Gasteiger partial charge in [0, 0.05) is 6.54 Å². The number of methoxy groups -OCH3 is 1. The molecule has 3 N–H and O–H groups in total. The molecule has 0 spiro atoms. The maximum atomic E-state index is 11.0. The second kappa shape index (κ2) is 9.18. The Morgan fingerprint density at radius 2 is 2.11 bits per heavy atom. The van der Waals surface area contributed by atoms with E-state index in [2.05, 4.69) is 10.1 Å². The summed E-state index contributed by atoms with van der Waals surface area (Å²) >= 11 is 0. The van der Waals surface area contributed by atoms with Gasteiger partial charge in [-0.3, -0.25) is 4.79 Å². The summed E-state index contributed by atoms with van der Waals surface area (Å²) in [6.07, 6.45) is 0. The van der Waals surface area contributed by atoms with Gasteiger partial charge in [-0.1, -0.05) is 12.1 Å². The summed E-state index contributed by atoms with van der Waals surface area (Å²) in [6.45, 7) is 0.180. The van der Waals surface area contributed by atoms with Gasteiger partial charge in [0.05, 0.1) is 13.7 Å². The van der Waals surface area contributed by atoms with Crippen LogP contribution in [0.25, 0.3) is 0 Å². The number of hydrogen-bond acceptors (Lipinski definition) is 5. The van der Waals surface area contributed by atoms with E-state index in [-0.39, 0.29) is 31.5 Å². The number of nitrogens with two attached hydrogens (primary N) is 1. The predicted octanol–water partition coefficient (Wildman–Crippen LogP) is 0.235. The number of carbonyl (C=O) groups is 2. The lowest BCUT2D eigenvalue weighted by molar-refractivity contribution is -0.142. The highest BCUT2D eigenvalue weighted by Crippen LogP contribution is 2.13. The number of esters is 1. The van der Waals surface area contributed by atoms with Crippen molar-refractivity contribution in [1.82, 2.24) is 5.32 Å². The Labute approximate surface area is 117 Å². The Morgan fingerprint density at radius 1 is 1.37 bits per heavy atom. The van der Waals surface area contributed by atoms with Crippen molar-refractivity contribution in [1.29, 1.82) is 0 Å². The molecule has 0 aromatic heterocycles. The van der Waals surface area contributed by atoms with E-state index in [0.29, 0.717) is 12.3 Å². The van der Waals surface area contributed by atoms with Gasteiger partial charge >= 0.3 is 5.97 Å². The normalized spacial score (nSPS) is 9.16. The second-order valence-electron chi connectivity index (χ2n) is 3.49. The summed E-state index contributed by atoms with van der Waals surface area (Å²) in [5.41, 5.74) is 6.03. The minimum absolute atomic E-state index is 0. The number of carbonyl (C=O) groups excluding carboxylic acids is 2. The molecule has 1 aromatic carbocycles. The largest absolute Gasteiger partial charge is 0.482 e. The Bertz CT molecular complexity index is 391. The molecule has 0 aliphatic carbocycles. The molecule has 0 saturated carbocycles. The number of rotatable bonds is 6. The van der Waals surface area contributed by atoms with Gasteiger partial charge in [-0.2, -0.15) is 0 Å². The second-order valence-corrected chi connectivity index (χ2v) is 3.49. The van der Waals surface area contributed by atoms with E-state index in [0.717, 1.165) is 5.56 Å². The van der Waals surface area contributed by atoms with Crippen molar-refractivity contribution in [3.05, 3.63) is 29.8 Å². The lowest BCUT2D eigenvalue weighted by atomic mass is 10.2. The molecule has 0 fully saturated rings. The van der Waals surface area contributed by atoms with Crippen LogP contribution in [-0.2, 0) is 20.9 Å². The molecule has 0 aliphatic rings. The number of halogens is 1. The first-order chi connectivity index (χ1) is 8.65. The van der Waals surface area contributed by atoms with Gasteiger partial charge in [0.2, 0.25) is 5.91 Å². The third kappa shape index (κ3) is 6.64. The van der Waals surface area contributed by atoms with E-state index in [1.54, 1.807) is 18.2 Å². The molecule has 0 unspecified atom stereocenters. The highest BCUT2D eigenvalue weighted by molar-refractivity contribution is 5.85. The van der Waals surface area contributed by atoms with E-state index < -0.39 is 5.97 Å². The maximum absolute atomic E-state index is 11.0. The van der Waals surface area contributed by atoms with Gasteiger partial charge in [0.25, 0.3) is 0 Å². The van der Waals surface area contributed by atoms with Crippen molar-refractivity contribution in [2.24, 2.45) is 5.73 Å². The Morgan fingerprint density at radius 3 is 2.74 bits per heavy atom. The molecule has 106 valence electrons. The number of benzene rings is 1. The molecule has 0 saturated heterocycles. The highest BCUT2D eigenvalue weighted by Gasteiger charge is 2.03. The summed E-state index contributed by atoms with van der Waals surface area (Å²) in [5, 5.41) is 2.64. The average Bonchev–Trinajstić information content (AvgIpc) is 2.42. The number of ether oxygens (including phenoxy) is 2. The van der Waals surface area contributed by atoms with Crippen LogP contribution in [0.5, 0.6) is 5.75 Å². The van der Waals surface area contributed by atoms with Crippen LogP contribution >= 0.6 is 12.4 Å². The minimum atomic E-state index is -0.447. The minimum Gasteiger partial charge on any atom is -0.482 e. The maximum Gasteiger partial charge on any atom is 0.343 e. The van der Waals surface area contributed by atoms with Crippen LogP contribution < -0.4 is 15.8 Å². The fourth-order valence-corrected chi connectivity index (χ4v) is 1.22. The first kappa shape index (κ1) is 17.2. The van der Waals surface area contributed by atoms with Crippen molar-refractivity contribution in [2.75, 3.05) is 20.3 Å². The van der Waals surface area contributed by atoms with Crippen molar-refractivity contribution in [2.45, 2.75) is 6.54 Å². The zero-order chi connectivity index (χ0) is 13.4. The number of nitrogens with one attached hydrogen (secondary N) is 1. The van der Waals surface area contributed by atoms with Crippen molar-refractivity contribution in [3.63, 3.8) is 0 Å². The third-order valence-corrected chi connectivity index (χ3v) is 2.16. The quantitative estimate of drug-likeness (QED) is 0.732. The average molecular weight is 289 g/mol. The standard InChI is InChI=1S/C12H16N2O4.ClH/c1-17-12(16)8-18-10-4-2-3-9(5-10)7-14-11(15)6-13;/h2-5H,6-8,13H2,1H3,(H,14,15);1H. The summed E-state index contributed by atoms with van der Waals surface area (Å²) < 4.78 is 9.68. The fraction of sp³-hybridized carbons (Fsp3) is 0.333. The summed E-state index contributed by atoms with van der Waals surface area (Å²) in [7, 11) is 1.30. The molecule has 0 aliphatic heterocycles. The lowest BCUT2D eigenvalue weighted by Gasteiger charge is -2.07. The molecule has 6 nitrogen and oxygen atoms in total.